The molecule has 1 saturated heterocycles. The smallest absolute Gasteiger partial charge is 0.410 e. The molecule has 2 rings (SSSR count). The molecule has 0 saturated carbocycles. The summed E-state index contributed by atoms with van der Waals surface area (Å²) in [6.45, 7) is 12.9. The molecule has 1 aromatic rings. The van der Waals surface area contributed by atoms with Crippen LogP contribution in [0.1, 0.15) is 36.3 Å². The first kappa shape index (κ1) is 19.5. The number of rotatable bonds is 3. The van der Waals surface area contributed by atoms with E-state index in [1.54, 1.807) is 16.2 Å². The van der Waals surface area contributed by atoms with Gasteiger partial charge in [0.05, 0.1) is 10.7 Å². The first-order valence-corrected chi connectivity index (χ1v) is 9.43. The maximum absolute atomic E-state index is 12.1. The largest absolute Gasteiger partial charge is 0.444 e. The number of aryl methyl sites for hydroxylation is 2. The molecule has 8 heteroatoms. The number of aromatic nitrogens is 1. The van der Waals surface area contributed by atoms with Crippen molar-refractivity contribution in [3.8, 4) is 0 Å². The van der Waals surface area contributed by atoms with Gasteiger partial charge in [0, 0.05) is 44.0 Å². The lowest BCUT2D eigenvalue weighted by molar-refractivity contribution is 0.0186. The number of carbonyl (C=O) groups is 1. The molecular formula is C17H29N5O2S. The van der Waals surface area contributed by atoms with Gasteiger partial charge in [0.2, 0.25) is 0 Å². The molecule has 0 unspecified atom stereocenters. The molecule has 140 valence electrons. The summed E-state index contributed by atoms with van der Waals surface area (Å²) >= 11 is 1.72. The van der Waals surface area contributed by atoms with Crippen molar-refractivity contribution in [3.63, 3.8) is 0 Å². The number of hydrogen-bond donors (Lipinski definition) is 1. The molecule has 1 fully saturated rings. The standard InChI is InChI=1S/C17H29N5O2S/c1-12-14(25-13(2)20-12)6-7-19-15(18)21-8-10-22(11-9-21)16(23)24-17(3,4)5/h6-11H2,1-5H3,(H2,18,19). The van der Waals surface area contributed by atoms with Gasteiger partial charge in [0.1, 0.15) is 5.60 Å². The van der Waals surface area contributed by atoms with E-state index >= 15 is 0 Å². The molecule has 1 amide bonds. The molecule has 0 bridgehead atoms. The number of hydrogen-bond acceptors (Lipinski definition) is 5. The lowest BCUT2D eigenvalue weighted by atomic mass is 10.2. The van der Waals surface area contributed by atoms with Crippen LogP contribution in [-0.2, 0) is 11.2 Å². The third kappa shape index (κ3) is 5.88. The Bertz CT molecular complexity index is 627. The Morgan fingerprint density at radius 2 is 1.84 bits per heavy atom. The molecule has 0 aromatic carbocycles. The van der Waals surface area contributed by atoms with E-state index in [9.17, 15) is 4.79 Å². The molecule has 2 heterocycles. The number of nitrogens with two attached hydrogens (primary N) is 1. The van der Waals surface area contributed by atoms with Gasteiger partial charge in [-0.1, -0.05) is 0 Å². The van der Waals surface area contributed by atoms with Crippen molar-refractivity contribution in [1.29, 1.82) is 0 Å². The van der Waals surface area contributed by atoms with E-state index in [2.05, 4.69) is 9.98 Å². The summed E-state index contributed by atoms with van der Waals surface area (Å²) in [5, 5.41) is 1.09. The van der Waals surface area contributed by atoms with Crippen LogP contribution in [0.4, 0.5) is 4.79 Å². The van der Waals surface area contributed by atoms with Crippen molar-refractivity contribution in [2.45, 2.75) is 46.6 Å². The van der Waals surface area contributed by atoms with Crippen molar-refractivity contribution in [2.24, 2.45) is 10.7 Å². The van der Waals surface area contributed by atoms with Crippen molar-refractivity contribution in [3.05, 3.63) is 15.6 Å². The third-order valence-electron chi connectivity index (χ3n) is 3.87. The van der Waals surface area contributed by atoms with Crippen LogP contribution in [0, 0.1) is 13.8 Å². The predicted molar refractivity (Wildman–Crippen MR) is 101 cm³/mol. The average molecular weight is 368 g/mol. The van der Waals surface area contributed by atoms with Gasteiger partial charge >= 0.3 is 6.09 Å². The molecule has 0 aliphatic carbocycles. The number of carbonyl (C=O) groups excluding carboxylic acids is 1. The minimum Gasteiger partial charge on any atom is -0.444 e. The van der Waals surface area contributed by atoms with Gasteiger partial charge in [-0.3, -0.25) is 4.99 Å². The normalized spacial score (nSPS) is 16.3. The van der Waals surface area contributed by atoms with Crippen molar-refractivity contribution >= 4 is 23.4 Å². The van der Waals surface area contributed by atoms with Crippen molar-refractivity contribution < 1.29 is 9.53 Å². The van der Waals surface area contributed by atoms with Crippen molar-refractivity contribution in [1.82, 2.24) is 14.8 Å². The summed E-state index contributed by atoms with van der Waals surface area (Å²) in [4.78, 5) is 26.0. The average Bonchev–Trinajstić information content (AvgIpc) is 2.83. The maximum Gasteiger partial charge on any atom is 0.410 e. The van der Waals surface area contributed by atoms with Crippen molar-refractivity contribution in [2.75, 3.05) is 32.7 Å². The molecular weight excluding hydrogens is 338 g/mol. The number of ether oxygens (including phenoxy) is 1. The Labute approximate surface area is 153 Å². The Balaban J connectivity index is 1.79. The van der Waals surface area contributed by atoms with Crippen LogP contribution < -0.4 is 5.73 Å². The second-order valence-electron chi connectivity index (χ2n) is 7.19. The zero-order chi connectivity index (χ0) is 18.6. The minimum absolute atomic E-state index is 0.265. The monoisotopic (exact) mass is 367 g/mol. The Morgan fingerprint density at radius 1 is 1.24 bits per heavy atom. The van der Waals surface area contributed by atoms with Gasteiger partial charge in [0.15, 0.2) is 5.96 Å². The first-order chi connectivity index (χ1) is 11.7. The fraction of sp³-hybridized carbons (Fsp3) is 0.706. The van der Waals surface area contributed by atoms with E-state index in [0.29, 0.717) is 38.7 Å². The third-order valence-corrected chi connectivity index (χ3v) is 5.00. The summed E-state index contributed by atoms with van der Waals surface area (Å²) in [6.07, 6.45) is 0.592. The fourth-order valence-electron chi connectivity index (χ4n) is 2.62. The Kier molecular flexibility index (Phi) is 6.26. The van der Waals surface area contributed by atoms with E-state index in [1.807, 2.05) is 39.5 Å². The SMILES string of the molecule is Cc1nc(C)c(CCN=C(N)N2CCN(C(=O)OC(C)(C)C)CC2)s1. The summed E-state index contributed by atoms with van der Waals surface area (Å²) in [5.74, 6) is 0.544. The highest BCUT2D eigenvalue weighted by Gasteiger charge is 2.26. The van der Waals surface area contributed by atoms with E-state index in [-0.39, 0.29) is 6.09 Å². The highest BCUT2D eigenvalue weighted by Crippen LogP contribution is 2.17. The predicted octanol–water partition coefficient (Wildman–Crippen LogP) is 2.17. The Morgan fingerprint density at radius 3 is 2.36 bits per heavy atom. The van der Waals surface area contributed by atoms with Gasteiger partial charge in [0.25, 0.3) is 0 Å². The number of guanidine groups is 1. The summed E-state index contributed by atoms with van der Waals surface area (Å²) in [5.41, 5.74) is 6.72. The maximum atomic E-state index is 12.1. The quantitative estimate of drug-likeness (QED) is 0.654. The first-order valence-electron chi connectivity index (χ1n) is 8.61. The summed E-state index contributed by atoms with van der Waals surface area (Å²) in [7, 11) is 0. The zero-order valence-electron chi connectivity index (χ0n) is 15.8. The summed E-state index contributed by atoms with van der Waals surface area (Å²) in [6, 6.07) is 0. The highest BCUT2D eigenvalue weighted by atomic mass is 32.1. The molecule has 1 aliphatic heterocycles. The van der Waals surface area contributed by atoms with E-state index in [4.69, 9.17) is 10.5 Å². The molecule has 1 aliphatic rings. The van der Waals surface area contributed by atoms with E-state index < -0.39 is 5.60 Å². The lowest BCUT2D eigenvalue weighted by Gasteiger charge is -2.36. The molecule has 7 nitrogen and oxygen atoms in total. The van der Waals surface area contributed by atoms with Gasteiger partial charge in [-0.15, -0.1) is 11.3 Å². The molecule has 1 aromatic heterocycles. The van der Waals surface area contributed by atoms with Crippen LogP contribution >= 0.6 is 11.3 Å². The topological polar surface area (TPSA) is 84.0 Å². The highest BCUT2D eigenvalue weighted by molar-refractivity contribution is 7.11. The van der Waals surface area contributed by atoms with Gasteiger partial charge in [-0.25, -0.2) is 9.78 Å². The van der Waals surface area contributed by atoms with Gasteiger partial charge in [-0.2, -0.15) is 0 Å². The molecule has 0 atom stereocenters. The molecule has 0 radical (unpaired) electrons. The second-order valence-corrected chi connectivity index (χ2v) is 8.47. The number of amides is 1. The van der Waals surface area contributed by atoms with Crippen LogP contribution in [-0.4, -0.2) is 65.2 Å². The lowest BCUT2D eigenvalue weighted by Crippen LogP contribution is -2.53. The van der Waals surface area contributed by atoms with Crippen LogP contribution in [0.25, 0.3) is 0 Å². The Hall–Kier alpha value is -1.83. The van der Waals surface area contributed by atoms with Gasteiger partial charge in [-0.05, 0) is 34.6 Å². The molecule has 25 heavy (non-hydrogen) atoms. The number of thiazole rings is 1. The van der Waals surface area contributed by atoms with E-state index in [0.717, 1.165) is 17.1 Å². The van der Waals surface area contributed by atoms with E-state index in [1.165, 1.54) is 4.88 Å². The second kappa shape index (κ2) is 8.03. The minimum atomic E-state index is -0.470. The van der Waals surface area contributed by atoms with Crippen LogP contribution in [0.2, 0.25) is 0 Å². The zero-order valence-corrected chi connectivity index (χ0v) is 16.7. The number of aliphatic imine (C=N–C) groups is 1. The van der Waals surface area contributed by atoms with Crippen LogP contribution in [0.15, 0.2) is 4.99 Å². The van der Waals surface area contributed by atoms with Crippen LogP contribution in [0.5, 0.6) is 0 Å². The fourth-order valence-corrected chi connectivity index (χ4v) is 3.55. The molecule has 2 N–H and O–H groups in total. The van der Waals surface area contributed by atoms with Crippen LogP contribution in [0.3, 0.4) is 0 Å². The summed E-state index contributed by atoms with van der Waals surface area (Å²) < 4.78 is 5.40. The number of piperazine rings is 1. The van der Waals surface area contributed by atoms with Gasteiger partial charge < -0.3 is 20.3 Å². The number of nitrogens with zero attached hydrogens (tertiary/aromatic N) is 4. The molecule has 0 spiro atoms.